The summed E-state index contributed by atoms with van der Waals surface area (Å²) in [4.78, 5) is 19.9. The molecule has 130 valence electrons. The number of aryl methyl sites for hydroxylation is 3. The Morgan fingerprint density at radius 3 is 2.50 bits per heavy atom. The molecule has 0 radical (unpaired) electrons. The summed E-state index contributed by atoms with van der Waals surface area (Å²) in [6.07, 6.45) is 4.30. The van der Waals surface area contributed by atoms with E-state index in [0.717, 1.165) is 38.5 Å². The normalized spacial score (nSPS) is 15.9. The predicted molar refractivity (Wildman–Crippen MR) is 89.9 cm³/mol. The maximum absolute atomic E-state index is 11.5. The average molecular weight is 333 g/mol. The Morgan fingerprint density at radius 2 is 1.96 bits per heavy atom. The van der Waals surface area contributed by atoms with E-state index >= 15 is 0 Å². The van der Waals surface area contributed by atoms with E-state index in [-0.39, 0.29) is 10.6 Å². The number of nitrogens with zero attached hydrogens (tertiary/aromatic N) is 7. The van der Waals surface area contributed by atoms with Gasteiger partial charge in [0.15, 0.2) is 0 Å². The van der Waals surface area contributed by atoms with Crippen LogP contribution in [0.1, 0.15) is 18.4 Å². The van der Waals surface area contributed by atoms with Gasteiger partial charge in [-0.2, -0.15) is 5.10 Å². The molecule has 3 heterocycles. The van der Waals surface area contributed by atoms with Gasteiger partial charge in [-0.3, -0.25) is 15.0 Å². The summed E-state index contributed by atoms with van der Waals surface area (Å²) < 4.78 is 3.66. The third-order valence-electron chi connectivity index (χ3n) is 4.54. The van der Waals surface area contributed by atoms with Crippen LogP contribution >= 0.6 is 0 Å². The van der Waals surface area contributed by atoms with E-state index in [4.69, 9.17) is 0 Å². The van der Waals surface area contributed by atoms with Crippen LogP contribution in [0.15, 0.2) is 12.4 Å². The van der Waals surface area contributed by atoms with Crippen LogP contribution in [-0.2, 0) is 27.1 Å². The summed E-state index contributed by atoms with van der Waals surface area (Å²) in [5.74, 6) is 1.65. The number of hydrogen-bond acceptors (Lipinski definition) is 6. The zero-order chi connectivity index (χ0) is 17.3. The van der Waals surface area contributed by atoms with E-state index in [2.05, 4.69) is 19.9 Å². The Balaban J connectivity index is 1.72. The SMILES string of the molecule is CCc1nn(C)c(N2CCN(Cc3nccn3C)CC2)c1[N+](=O)[O-]. The highest BCUT2D eigenvalue weighted by atomic mass is 16.6. The third kappa shape index (κ3) is 2.99. The monoisotopic (exact) mass is 333 g/mol. The summed E-state index contributed by atoms with van der Waals surface area (Å²) >= 11 is 0. The molecule has 9 heteroatoms. The number of nitro groups is 1. The number of hydrogen-bond donors (Lipinski definition) is 0. The highest BCUT2D eigenvalue weighted by Crippen LogP contribution is 2.32. The molecular formula is C15H23N7O2. The maximum Gasteiger partial charge on any atom is 0.334 e. The fourth-order valence-electron chi connectivity index (χ4n) is 3.20. The number of anilines is 1. The lowest BCUT2D eigenvalue weighted by molar-refractivity contribution is -0.384. The molecule has 0 atom stereocenters. The van der Waals surface area contributed by atoms with Crippen molar-refractivity contribution in [2.24, 2.45) is 14.1 Å². The van der Waals surface area contributed by atoms with Crippen LogP contribution in [0, 0.1) is 10.1 Å². The molecule has 9 nitrogen and oxygen atoms in total. The van der Waals surface area contributed by atoms with Crippen LogP contribution in [0.2, 0.25) is 0 Å². The highest BCUT2D eigenvalue weighted by Gasteiger charge is 2.31. The van der Waals surface area contributed by atoms with Crippen molar-refractivity contribution in [2.45, 2.75) is 19.9 Å². The molecule has 3 rings (SSSR count). The predicted octanol–water partition coefficient (Wildman–Crippen LogP) is 0.946. The van der Waals surface area contributed by atoms with Gasteiger partial charge in [-0.1, -0.05) is 6.92 Å². The van der Waals surface area contributed by atoms with Crippen molar-refractivity contribution in [3.63, 3.8) is 0 Å². The lowest BCUT2D eigenvalue weighted by Gasteiger charge is -2.35. The molecule has 0 spiro atoms. The number of imidazole rings is 1. The standard InChI is InChI=1S/C15H23N7O2/c1-4-12-14(22(23)24)15(19(3)17-12)21-9-7-20(8-10-21)11-13-16-5-6-18(13)2/h5-6H,4,7-11H2,1-3H3. The first-order valence-electron chi connectivity index (χ1n) is 8.15. The lowest BCUT2D eigenvalue weighted by Crippen LogP contribution is -2.47. The van der Waals surface area contributed by atoms with E-state index in [1.807, 2.05) is 24.7 Å². The van der Waals surface area contributed by atoms with Crippen molar-refractivity contribution in [3.8, 4) is 0 Å². The number of piperazine rings is 1. The first-order chi connectivity index (χ1) is 11.5. The average Bonchev–Trinajstić information content (AvgIpc) is 3.11. The van der Waals surface area contributed by atoms with Gasteiger partial charge >= 0.3 is 5.69 Å². The van der Waals surface area contributed by atoms with Crippen molar-refractivity contribution in [1.29, 1.82) is 0 Å². The Kier molecular flexibility index (Phi) is 4.52. The van der Waals surface area contributed by atoms with Gasteiger partial charge in [-0.25, -0.2) is 9.67 Å². The topological polar surface area (TPSA) is 85.3 Å². The molecule has 0 aliphatic carbocycles. The van der Waals surface area contributed by atoms with Crippen LogP contribution in [0.3, 0.4) is 0 Å². The summed E-state index contributed by atoms with van der Waals surface area (Å²) in [7, 11) is 3.77. The van der Waals surface area contributed by atoms with Gasteiger partial charge in [0, 0.05) is 52.7 Å². The minimum Gasteiger partial charge on any atom is -0.349 e. The van der Waals surface area contributed by atoms with E-state index in [0.29, 0.717) is 17.9 Å². The van der Waals surface area contributed by atoms with E-state index in [1.165, 1.54) is 0 Å². The summed E-state index contributed by atoms with van der Waals surface area (Å²) in [5, 5.41) is 15.8. The Hall–Kier alpha value is -2.42. The zero-order valence-corrected chi connectivity index (χ0v) is 14.3. The smallest absolute Gasteiger partial charge is 0.334 e. The first kappa shape index (κ1) is 16.4. The van der Waals surface area contributed by atoms with Crippen LogP contribution in [0.25, 0.3) is 0 Å². The van der Waals surface area contributed by atoms with Crippen molar-refractivity contribution in [1.82, 2.24) is 24.2 Å². The third-order valence-corrected chi connectivity index (χ3v) is 4.54. The van der Waals surface area contributed by atoms with Crippen molar-refractivity contribution in [3.05, 3.63) is 34.0 Å². The lowest BCUT2D eigenvalue weighted by atomic mass is 10.2. The molecular weight excluding hydrogens is 310 g/mol. The van der Waals surface area contributed by atoms with Crippen molar-refractivity contribution < 1.29 is 4.92 Å². The second-order valence-electron chi connectivity index (χ2n) is 6.07. The molecule has 2 aromatic rings. The van der Waals surface area contributed by atoms with Crippen LogP contribution in [-0.4, -0.2) is 55.3 Å². The van der Waals surface area contributed by atoms with Crippen molar-refractivity contribution in [2.75, 3.05) is 31.1 Å². The van der Waals surface area contributed by atoms with Crippen molar-refractivity contribution >= 4 is 11.5 Å². The molecule has 0 bridgehead atoms. The molecule has 1 saturated heterocycles. The molecule has 0 N–H and O–H groups in total. The highest BCUT2D eigenvalue weighted by molar-refractivity contribution is 5.61. The molecule has 1 aliphatic heterocycles. The largest absolute Gasteiger partial charge is 0.349 e. The summed E-state index contributed by atoms with van der Waals surface area (Å²) in [6, 6.07) is 0. The minimum absolute atomic E-state index is 0.151. The van der Waals surface area contributed by atoms with Crippen LogP contribution in [0.4, 0.5) is 11.5 Å². The summed E-state index contributed by atoms with van der Waals surface area (Å²) in [6.45, 7) is 5.87. The van der Waals surface area contributed by atoms with E-state index in [1.54, 1.807) is 17.9 Å². The van der Waals surface area contributed by atoms with E-state index < -0.39 is 0 Å². The minimum atomic E-state index is -0.304. The number of aromatic nitrogens is 4. The fraction of sp³-hybridized carbons (Fsp3) is 0.600. The van der Waals surface area contributed by atoms with Gasteiger partial charge in [-0.15, -0.1) is 0 Å². The van der Waals surface area contributed by atoms with Gasteiger partial charge in [-0.05, 0) is 6.42 Å². The first-order valence-corrected chi connectivity index (χ1v) is 8.15. The van der Waals surface area contributed by atoms with Gasteiger partial charge in [0.2, 0.25) is 5.82 Å². The molecule has 24 heavy (non-hydrogen) atoms. The van der Waals surface area contributed by atoms with Gasteiger partial charge in [0.05, 0.1) is 11.5 Å². The Labute approximate surface area is 140 Å². The van der Waals surface area contributed by atoms with Crippen LogP contribution in [0.5, 0.6) is 0 Å². The summed E-state index contributed by atoms with van der Waals surface area (Å²) in [5.41, 5.74) is 0.700. The molecule has 0 amide bonds. The Bertz CT molecular complexity index is 728. The Morgan fingerprint density at radius 1 is 1.25 bits per heavy atom. The molecule has 2 aromatic heterocycles. The van der Waals surface area contributed by atoms with Crippen LogP contribution < -0.4 is 4.90 Å². The number of rotatable bonds is 5. The molecule has 0 aromatic carbocycles. The van der Waals surface area contributed by atoms with E-state index in [9.17, 15) is 10.1 Å². The second-order valence-corrected chi connectivity index (χ2v) is 6.07. The zero-order valence-electron chi connectivity index (χ0n) is 14.3. The molecule has 1 fully saturated rings. The molecule has 0 unspecified atom stereocenters. The maximum atomic E-state index is 11.5. The molecule has 1 aliphatic rings. The van der Waals surface area contributed by atoms with Gasteiger partial charge in [0.25, 0.3) is 0 Å². The second kappa shape index (κ2) is 6.60. The molecule has 0 saturated carbocycles. The van der Waals surface area contributed by atoms with Gasteiger partial charge < -0.3 is 9.47 Å². The quantitative estimate of drug-likeness (QED) is 0.598. The van der Waals surface area contributed by atoms with Gasteiger partial charge in [0.1, 0.15) is 11.5 Å². The fourth-order valence-corrected chi connectivity index (χ4v) is 3.20.